The van der Waals surface area contributed by atoms with E-state index in [0.29, 0.717) is 24.5 Å². The second-order valence-electron chi connectivity index (χ2n) is 7.17. The lowest BCUT2D eigenvalue weighted by molar-refractivity contribution is 0.0525. The zero-order valence-electron chi connectivity index (χ0n) is 17.6. The minimum atomic E-state index is -0.590. The van der Waals surface area contributed by atoms with Crippen molar-refractivity contribution < 1.29 is 24.1 Å². The number of piperazine rings is 1. The van der Waals surface area contributed by atoms with Gasteiger partial charge in [-0.3, -0.25) is 4.90 Å². The summed E-state index contributed by atoms with van der Waals surface area (Å²) in [4.78, 5) is 16.2. The number of rotatable bonds is 9. The number of carbonyl (C=O) groups excluding carboxylic acids is 1. The number of hydrogen-bond donors (Lipinski definition) is 1. The van der Waals surface area contributed by atoms with Gasteiger partial charge in [0.15, 0.2) is 0 Å². The fourth-order valence-corrected chi connectivity index (χ4v) is 3.51. The molecule has 1 heterocycles. The molecule has 1 saturated heterocycles. The number of nitrogens with zero attached hydrogens (tertiary/aromatic N) is 2. The third kappa shape index (κ3) is 5.87. The molecule has 1 atom stereocenters. The second kappa shape index (κ2) is 10.8. The van der Waals surface area contributed by atoms with Gasteiger partial charge in [0, 0.05) is 32.7 Å². The normalized spacial score (nSPS) is 15.5. The Kier molecular flexibility index (Phi) is 7.93. The van der Waals surface area contributed by atoms with Crippen LogP contribution in [0, 0.1) is 0 Å². The fraction of sp³-hybridized carbons (Fsp3) is 0.435. The number of aliphatic hydroxyl groups is 1. The number of anilines is 1. The fourth-order valence-electron chi connectivity index (χ4n) is 3.51. The number of esters is 1. The van der Waals surface area contributed by atoms with E-state index in [9.17, 15) is 9.90 Å². The van der Waals surface area contributed by atoms with E-state index in [2.05, 4.69) is 15.9 Å². The summed E-state index contributed by atoms with van der Waals surface area (Å²) in [6, 6.07) is 14.8. The van der Waals surface area contributed by atoms with E-state index in [-0.39, 0.29) is 12.6 Å². The van der Waals surface area contributed by atoms with E-state index >= 15 is 0 Å². The van der Waals surface area contributed by atoms with Crippen molar-refractivity contribution in [1.82, 2.24) is 4.90 Å². The van der Waals surface area contributed by atoms with E-state index in [1.807, 2.05) is 18.2 Å². The Morgan fingerprint density at radius 3 is 2.43 bits per heavy atom. The number of aliphatic hydroxyl groups excluding tert-OH is 1. The molecule has 0 aliphatic carbocycles. The quantitative estimate of drug-likeness (QED) is 0.632. The Morgan fingerprint density at radius 2 is 1.77 bits per heavy atom. The third-order valence-electron chi connectivity index (χ3n) is 5.07. The van der Waals surface area contributed by atoms with Crippen LogP contribution >= 0.6 is 0 Å². The summed E-state index contributed by atoms with van der Waals surface area (Å²) in [6.45, 7) is 6.36. The molecule has 0 saturated carbocycles. The van der Waals surface area contributed by atoms with E-state index in [0.717, 1.165) is 37.6 Å². The standard InChI is InChI=1S/C23H30N2O5/c1-3-29-23(27)18-8-10-20(11-9-18)30-17-19(26)16-24-12-14-25(15-13-24)21-6-4-5-7-22(21)28-2/h4-11,19,26H,3,12-17H2,1-2H3/t19-/m0/s1. The van der Waals surface area contributed by atoms with Crippen molar-refractivity contribution >= 4 is 11.7 Å². The molecule has 0 spiro atoms. The molecule has 1 fully saturated rings. The van der Waals surface area contributed by atoms with Gasteiger partial charge in [-0.1, -0.05) is 12.1 Å². The molecule has 0 aromatic heterocycles. The number of benzene rings is 2. The first-order valence-corrected chi connectivity index (χ1v) is 10.3. The van der Waals surface area contributed by atoms with Crippen LogP contribution in [-0.2, 0) is 4.74 Å². The molecule has 0 amide bonds. The largest absolute Gasteiger partial charge is 0.495 e. The van der Waals surface area contributed by atoms with Crippen LogP contribution in [0.1, 0.15) is 17.3 Å². The average molecular weight is 415 g/mol. The summed E-state index contributed by atoms with van der Waals surface area (Å²) in [6.07, 6.45) is -0.590. The minimum Gasteiger partial charge on any atom is -0.495 e. The Balaban J connectivity index is 1.42. The molecule has 1 aliphatic rings. The lowest BCUT2D eigenvalue weighted by atomic mass is 10.2. The highest BCUT2D eigenvalue weighted by Crippen LogP contribution is 2.28. The molecule has 1 aliphatic heterocycles. The van der Waals surface area contributed by atoms with Crippen molar-refractivity contribution in [3.63, 3.8) is 0 Å². The Morgan fingerprint density at radius 1 is 1.07 bits per heavy atom. The highest BCUT2D eigenvalue weighted by molar-refractivity contribution is 5.89. The van der Waals surface area contributed by atoms with Crippen LogP contribution in [0.5, 0.6) is 11.5 Å². The van der Waals surface area contributed by atoms with Gasteiger partial charge in [0.05, 0.1) is 25.0 Å². The molecule has 30 heavy (non-hydrogen) atoms. The Hall–Kier alpha value is -2.77. The molecule has 1 N–H and O–H groups in total. The summed E-state index contributed by atoms with van der Waals surface area (Å²) in [5, 5.41) is 10.4. The maximum atomic E-state index is 11.7. The molecule has 0 radical (unpaired) electrons. The molecule has 2 aromatic carbocycles. The molecule has 7 nitrogen and oxygen atoms in total. The van der Waals surface area contributed by atoms with Crippen LogP contribution in [-0.4, -0.2) is 75.1 Å². The summed E-state index contributed by atoms with van der Waals surface area (Å²) in [5.74, 6) is 1.15. The van der Waals surface area contributed by atoms with E-state index in [1.54, 1.807) is 38.3 Å². The zero-order chi connectivity index (χ0) is 21.3. The highest BCUT2D eigenvalue weighted by atomic mass is 16.5. The molecule has 2 aromatic rings. The summed E-state index contributed by atoms with van der Waals surface area (Å²) < 4.78 is 16.1. The first kappa shape index (κ1) is 21.9. The van der Waals surface area contributed by atoms with Crippen molar-refractivity contribution in [3.05, 3.63) is 54.1 Å². The van der Waals surface area contributed by atoms with E-state index < -0.39 is 6.10 Å². The predicted octanol–water partition coefficient (Wildman–Crippen LogP) is 2.43. The van der Waals surface area contributed by atoms with Gasteiger partial charge in [-0.15, -0.1) is 0 Å². The van der Waals surface area contributed by atoms with Gasteiger partial charge in [-0.05, 0) is 43.3 Å². The van der Waals surface area contributed by atoms with Crippen LogP contribution in [0.25, 0.3) is 0 Å². The minimum absolute atomic E-state index is 0.200. The van der Waals surface area contributed by atoms with E-state index in [4.69, 9.17) is 14.2 Å². The van der Waals surface area contributed by atoms with Crippen LogP contribution in [0.3, 0.4) is 0 Å². The van der Waals surface area contributed by atoms with E-state index in [1.165, 1.54) is 0 Å². The molecule has 7 heteroatoms. The molecule has 0 unspecified atom stereocenters. The molecule has 3 rings (SSSR count). The van der Waals surface area contributed by atoms with Gasteiger partial charge < -0.3 is 24.2 Å². The maximum Gasteiger partial charge on any atom is 0.338 e. The van der Waals surface area contributed by atoms with Crippen LogP contribution in [0.15, 0.2) is 48.5 Å². The number of carbonyl (C=O) groups is 1. The summed E-state index contributed by atoms with van der Waals surface area (Å²) >= 11 is 0. The van der Waals surface area contributed by atoms with Crippen molar-refractivity contribution in [2.45, 2.75) is 13.0 Å². The van der Waals surface area contributed by atoms with Crippen LogP contribution < -0.4 is 14.4 Å². The maximum absolute atomic E-state index is 11.7. The van der Waals surface area contributed by atoms with Crippen molar-refractivity contribution in [1.29, 1.82) is 0 Å². The predicted molar refractivity (Wildman–Crippen MR) is 116 cm³/mol. The molecule has 0 bridgehead atoms. The molecular weight excluding hydrogens is 384 g/mol. The first-order chi connectivity index (χ1) is 14.6. The van der Waals surface area contributed by atoms with Crippen LogP contribution in [0.4, 0.5) is 5.69 Å². The van der Waals surface area contributed by atoms with Crippen LogP contribution in [0.2, 0.25) is 0 Å². The van der Waals surface area contributed by atoms with Gasteiger partial charge in [0.1, 0.15) is 24.2 Å². The third-order valence-corrected chi connectivity index (χ3v) is 5.07. The number of hydrogen-bond acceptors (Lipinski definition) is 7. The SMILES string of the molecule is CCOC(=O)c1ccc(OC[C@@H](O)CN2CCN(c3ccccc3OC)CC2)cc1. The van der Waals surface area contributed by atoms with Gasteiger partial charge in [0.25, 0.3) is 0 Å². The van der Waals surface area contributed by atoms with Crippen molar-refractivity contribution in [2.75, 3.05) is 57.9 Å². The zero-order valence-corrected chi connectivity index (χ0v) is 17.6. The van der Waals surface area contributed by atoms with Gasteiger partial charge >= 0.3 is 5.97 Å². The lowest BCUT2D eigenvalue weighted by Crippen LogP contribution is -2.49. The van der Waals surface area contributed by atoms with Crippen molar-refractivity contribution in [3.8, 4) is 11.5 Å². The first-order valence-electron chi connectivity index (χ1n) is 10.3. The summed E-state index contributed by atoms with van der Waals surface area (Å²) in [5.41, 5.74) is 1.59. The van der Waals surface area contributed by atoms with Gasteiger partial charge in [-0.2, -0.15) is 0 Å². The van der Waals surface area contributed by atoms with Gasteiger partial charge in [-0.25, -0.2) is 4.79 Å². The number of methoxy groups -OCH3 is 1. The monoisotopic (exact) mass is 414 g/mol. The average Bonchev–Trinajstić information content (AvgIpc) is 2.78. The van der Waals surface area contributed by atoms with Crippen molar-refractivity contribution in [2.24, 2.45) is 0 Å². The molecule has 162 valence electrons. The Bertz CT molecular complexity index is 803. The Labute approximate surface area is 177 Å². The molecular formula is C23H30N2O5. The topological polar surface area (TPSA) is 71.5 Å². The number of β-amino-alcohol motifs (C(OH)–C–C–N with tert-alkyl or cyclic N) is 1. The van der Waals surface area contributed by atoms with Gasteiger partial charge in [0.2, 0.25) is 0 Å². The highest BCUT2D eigenvalue weighted by Gasteiger charge is 2.21. The smallest absolute Gasteiger partial charge is 0.338 e. The number of para-hydroxylation sites is 2. The lowest BCUT2D eigenvalue weighted by Gasteiger charge is -2.37. The summed E-state index contributed by atoms with van der Waals surface area (Å²) in [7, 11) is 1.69. The second-order valence-corrected chi connectivity index (χ2v) is 7.17. The number of ether oxygens (including phenoxy) is 3.